The first kappa shape index (κ1) is 18.7. The second-order valence-corrected chi connectivity index (χ2v) is 8.93. The minimum atomic E-state index is -3.43. The van der Waals surface area contributed by atoms with Gasteiger partial charge in [-0.15, -0.1) is 11.3 Å². The Morgan fingerprint density at radius 2 is 1.96 bits per heavy atom. The highest BCUT2D eigenvalue weighted by Gasteiger charge is 2.31. The van der Waals surface area contributed by atoms with Gasteiger partial charge in [0.1, 0.15) is 5.69 Å². The van der Waals surface area contributed by atoms with Crippen molar-refractivity contribution in [2.45, 2.75) is 34.1 Å². The molecule has 0 spiro atoms. The van der Waals surface area contributed by atoms with E-state index in [0.717, 1.165) is 11.3 Å². The fraction of sp³-hybridized carbons (Fsp3) is 0.533. The van der Waals surface area contributed by atoms with Gasteiger partial charge in [0, 0.05) is 4.88 Å². The normalized spacial score (nSPS) is 12.3. The Hall–Kier alpha value is -0.650. The fourth-order valence-electron chi connectivity index (χ4n) is 2.13. The van der Waals surface area contributed by atoms with E-state index in [0.29, 0.717) is 21.8 Å². The maximum absolute atomic E-state index is 12.7. The molecule has 0 aromatic carbocycles. The van der Waals surface area contributed by atoms with E-state index >= 15 is 0 Å². The number of nitrogens with zero attached hydrogens (tertiary/aromatic N) is 1. The van der Waals surface area contributed by atoms with E-state index < -0.39 is 7.60 Å². The van der Waals surface area contributed by atoms with Gasteiger partial charge in [-0.25, -0.2) is 4.98 Å². The maximum atomic E-state index is 12.7. The van der Waals surface area contributed by atoms with Crippen LogP contribution in [0.3, 0.4) is 0 Å². The molecule has 0 fully saturated rings. The Morgan fingerprint density at radius 3 is 2.52 bits per heavy atom. The average Bonchev–Trinajstić information content (AvgIpc) is 3.05. The van der Waals surface area contributed by atoms with Crippen molar-refractivity contribution in [1.29, 1.82) is 0 Å². The molecule has 0 unspecified atom stereocenters. The zero-order valence-corrected chi connectivity index (χ0v) is 16.1. The van der Waals surface area contributed by atoms with Gasteiger partial charge in [-0.1, -0.05) is 25.4 Å². The standard InChI is InChI=1S/C15H21ClNO4PS/c1-5-19-22(18,20-6-2)13-8-7-11(21-13)14-12(9-10(3)4)23-15(16)17-14/h7-8,10H,5-6,9H2,1-4H3. The van der Waals surface area contributed by atoms with Crippen LogP contribution in [0.25, 0.3) is 11.5 Å². The summed E-state index contributed by atoms with van der Waals surface area (Å²) >= 11 is 7.49. The molecule has 0 atom stereocenters. The molecule has 2 heterocycles. The van der Waals surface area contributed by atoms with Gasteiger partial charge >= 0.3 is 7.60 Å². The molecule has 0 amide bonds. The first-order chi connectivity index (χ1) is 10.9. The van der Waals surface area contributed by atoms with Crippen molar-refractivity contribution >= 4 is 36.0 Å². The third-order valence-corrected chi connectivity index (χ3v) is 6.12. The molecule has 0 radical (unpaired) electrons. The lowest BCUT2D eigenvalue weighted by atomic mass is 10.1. The lowest BCUT2D eigenvalue weighted by Crippen LogP contribution is -2.08. The topological polar surface area (TPSA) is 61.6 Å². The summed E-state index contributed by atoms with van der Waals surface area (Å²) in [5.74, 6) is 0.996. The minimum absolute atomic E-state index is 0.191. The van der Waals surface area contributed by atoms with E-state index in [4.69, 9.17) is 25.1 Å². The highest BCUT2D eigenvalue weighted by Crippen LogP contribution is 2.48. The van der Waals surface area contributed by atoms with Crippen LogP contribution in [0, 0.1) is 5.92 Å². The summed E-state index contributed by atoms with van der Waals surface area (Å²) in [4.78, 5) is 5.39. The van der Waals surface area contributed by atoms with Gasteiger partial charge < -0.3 is 13.5 Å². The average molecular weight is 378 g/mol. The molecule has 2 aromatic heterocycles. The first-order valence-corrected chi connectivity index (χ1v) is 10.3. The Labute approximate surface area is 145 Å². The van der Waals surface area contributed by atoms with E-state index in [-0.39, 0.29) is 18.7 Å². The molecule has 0 bridgehead atoms. The van der Waals surface area contributed by atoms with E-state index in [9.17, 15) is 4.57 Å². The van der Waals surface area contributed by atoms with Crippen molar-refractivity contribution in [3.05, 3.63) is 21.5 Å². The zero-order chi connectivity index (χ0) is 17.0. The predicted molar refractivity (Wildman–Crippen MR) is 93.9 cm³/mol. The third-order valence-electron chi connectivity index (χ3n) is 2.96. The van der Waals surface area contributed by atoms with E-state index in [1.807, 2.05) is 0 Å². The third kappa shape index (κ3) is 4.46. The van der Waals surface area contributed by atoms with Crippen LogP contribution >= 0.6 is 30.5 Å². The van der Waals surface area contributed by atoms with Gasteiger partial charge in [0.15, 0.2) is 10.2 Å². The summed E-state index contributed by atoms with van der Waals surface area (Å²) in [5, 5.41) is 0. The van der Waals surface area contributed by atoms with Crippen molar-refractivity contribution in [1.82, 2.24) is 4.98 Å². The number of hydrogen-bond acceptors (Lipinski definition) is 6. The van der Waals surface area contributed by atoms with Crippen LogP contribution in [0.5, 0.6) is 0 Å². The van der Waals surface area contributed by atoms with E-state index in [1.165, 1.54) is 11.3 Å². The first-order valence-electron chi connectivity index (χ1n) is 7.54. The van der Waals surface area contributed by atoms with E-state index in [2.05, 4.69) is 18.8 Å². The number of furan rings is 1. The van der Waals surface area contributed by atoms with Crippen LogP contribution in [0.2, 0.25) is 4.47 Å². The largest absolute Gasteiger partial charge is 0.446 e. The fourth-order valence-corrected chi connectivity index (χ4v) is 4.97. The molecule has 0 aliphatic carbocycles. The van der Waals surface area contributed by atoms with Crippen LogP contribution in [-0.4, -0.2) is 18.2 Å². The molecule has 23 heavy (non-hydrogen) atoms. The molecule has 0 aliphatic heterocycles. The molecular formula is C15H21ClNO4PS. The minimum Gasteiger partial charge on any atom is -0.446 e. The molecule has 128 valence electrons. The molecule has 5 nitrogen and oxygen atoms in total. The van der Waals surface area contributed by atoms with E-state index in [1.54, 1.807) is 26.0 Å². The molecule has 8 heteroatoms. The lowest BCUT2D eigenvalue weighted by Gasteiger charge is -2.13. The van der Waals surface area contributed by atoms with Crippen LogP contribution in [-0.2, 0) is 20.0 Å². The summed E-state index contributed by atoms with van der Waals surface area (Å²) < 4.78 is 29.6. The van der Waals surface area contributed by atoms with Crippen molar-refractivity contribution in [2.24, 2.45) is 5.92 Å². The van der Waals surface area contributed by atoms with Gasteiger partial charge in [0.2, 0.25) is 5.50 Å². The summed E-state index contributed by atoms with van der Waals surface area (Å²) in [5.41, 5.74) is 0.885. The van der Waals surface area contributed by atoms with Crippen LogP contribution < -0.4 is 5.50 Å². The second-order valence-electron chi connectivity index (χ2n) is 5.31. The Bertz CT molecular complexity index is 687. The van der Waals surface area contributed by atoms with Crippen molar-refractivity contribution in [3.63, 3.8) is 0 Å². The molecule has 0 saturated carbocycles. The van der Waals surface area contributed by atoms with Crippen LogP contribution in [0.1, 0.15) is 32.6 Å². The maximum Gasteiger partial charge on any atom is 0.396 e. The lowest BCUT2D eigenvalue weighted by molar-refractivity contribution is 0.225. The summed E-state index contributed by atoms with van der Waals surface area (Å²) in [6.07, 6.45) is 0.852. The SMILES string of the molecule is CCOP(=O)(OCC)c1ccc(-c2nc(Cl)sc2CC(C)C)o1. The van der Waals surface area contributed by atoms with Gasteiger partial charge in [-0.05, 0) is 38.3 Å². The Balaban J connectivity index is 2.37. The number of halogens is 1. The number of aromatic nitrogens is 1. The highest BCUT2D eigenvalue weighted by molar-refractivity contribution is 7.61. The monoisotopic (exact) mass is 377 g/mol. The molecule has 0 saturated heterocycles. The van der Waals surface area contributed by atoms with Crippen molar-refractivity contribution in [3.8, 4) is 11.5 Å². The second kappa shape index (κ2) is 7.95. The molecule has 0 N–H and O–H groups in total. The van der Waals surface area contributed by atoms with Gasteiger partial charge in [0.25, 0.3) is 0 Å². The van der Waals surface area contributed by atoms with Gasteiger partial charge in [-0.3, -0.25) is 4.57 Å². The molecule has 2 aromatic rings. The summed E-state index contributed by atoms with van der Waals surface area (Å²) in [6.45, 7) is 8.32. The zero-order valence-electron chi connectivity index (χ0n) is 13.7. The number of rotatable bonds is 8. The predicted octanol–water partition coefficient (Wildman–Crippen LogP) is 5.15. The number of hydrogen-bond donors (Lipinski definition) is 0. The van der Waals surface area contributed by atoms with Crippen molar-refractivity contribution < 1.29 is 18.0 Å². The highest BCUT2D eigenvalue weighted by atomic mass is 35.5. The van der Waals surface area contributed by atoms with Crippen LogP contribution in [0.15, 0.2) is 16.5 Å². The van der Waals surface area contributed by atoms with Crippen molar-refractivity contribution in [2.75, 3.05) is 13.2 Å². The van der Waals surface area contributed by atoms with Gasteiger partial charge in [-0.2, -0.15) is 0 Å². The molecule has 2 rings (SSSR count). The van der Waals surface area contributed by atoms with Crippen LogP contribution in [0.4, 0.5) is 0 Å². The molecule has 0 aliphatic rings. The molecular weight excluding hydrogens is 357 g/mol. The quantitative estimate of drug-likeness (QED) is 0.595. The summed E-state index contributed by atoms with van der Waals surface area (Å²) in [6, 6.07) is 3.35. The Kier molecular flexibility index (Phi) is 6.46. The summed E-state index contributed by atoms with van der Waals surface area (Å²) in [7, 11) is -3.43. The number of thiazole rings is 1. The smallest absolute Gasteiger partial charge is 0.396 e. The van der Waals surface area contributed by atoms with Gasteiger partial charge in [0.05, 0.1) is 13.2 Å². The Morgan fingerprint density at radius 1 is 1.30 bits per heavy atom.